The molecule has 1 aromatic rings. The molecule has 0 radical (unpaired) electrons. The molecule has 1 aromatic heterocycles. The van der Waals surface area contributed by atoms with Crippen molar-refractivity contribution >= 4 is 11.8 Å². The quantitative estimate of drug-likeness (QED) is 0.502. The zero-order chi connectivity index (χ0) is 21.7. The molecule has 160 valence electrons. The summed E-state index contributed by atoms with van der Waals surface area (Å²) in [7, 11) is 0. The monoisotopic (exact) mass is 396 g/mol. The number of hydrogen-bond donors (Lipinski definition) is 4. The van der Waals surface area contributed by atoms with Crippen LogP contribution in [0, 0.1) is 11.8 Å². The van der Waals surface area contributed by atoms with E-state index in [9.17, 15) is 14.7 Å². The Bertz CT molecular complexity index is 606. The molecule has 4 N–H and O–H groups in total. The number of carbonyl (C=O) groups is 2. The number of aliphatic hydroxyl groups is 2. The summed E-state index contributed by atoms with van der Waals surface area (Å²) in [6.45, 7) is 11.8. The highest BCUT2D eigenvalue weighted by Gasteiger charge is 2.21. The maximum absolute atomic E-state index is 12.4. The van der Waals surface area contributed by atoms with Gasteiger partial charge in [0.15, 0.2) is 11.4 Å². The lowest BCUT2D eigenvalue weighted by atomic mass is 10.0. The van der Waals surface area contributed by atoms with Gasteiger partial charge in [0, 0.05) is 6.54 Å². The summed E-state index contributed by atoms with van der Waals surface area (Å²) in [5, 5.41) is 31.2. The molecule has 8 nitrogen and oxygen atoms in total. The van der Waals surface area contributed by atoms with Gasteiger partial charge in [-0.25, -0.2) is 0 Å². The number of hydrogen-bond acceptors (Lipinski definition) is 6. The van der Waals surface area contributed by atoms with Gasteiger partial charge in [-0.05, 0) is 29.9 Å². The van der Waals surface area contributed by atoms with Gasteiger partial charge in [-0.15, -0.1) is 10.2 Å². The third kappa shape index (κ3) is 9.23. The average Bonchev–Trinajstić information content (AvgIpc) is 2.63. The van der Waals surface area contributed by atoms with Gasteiger partial charge in [0.1, 0.15) is 0 Å². The Hall–Kier alpha value is -2.06. The first-order valence-electron chi connectivity index (χ1n) is 9.88. The van der Waals surface area contributed by atoms with Crippen molar-refractivity contribution in [1.82, 2.24) is 20.8 Å². The third-order valence-corrected chi connectivity index (χ3v) is 3.66. The highest BCUT2D eigenvalue weighted by atomic mass is 16.3. The number of nitrogens with zero attached hydrogens (tertiary/aromatic N) is 2. The van der Waals surface area contributed by atoms with E-state index >= 15 is 0 Å². The lowest BCUT2D eigenvalue weighted by Crippen LogP contribution is -2.41. The van der Waals surface area contributed by atoms with Crippen LogP contribution in [0.15, 0.2) is 6.07 Å². The van der Waals surface area contributed by atoms with Crippen molar-refractivity contribution in [3.05, 3.63) is 23.0 Å². The summed E-state index contributed by atoms with van der Waals surface area (Å²) >= 11 is 0. The molecule has 0 aromatic carbocycles. The fourth-order valence-corrected chi connectivity index (χ4v) is 2.25. The van der Waals surface area contributed by atoms with Crippen LogP contribution in [0.1, 0.15) is 74.5 Å². The van der Waals surface area contributed by atoms with Crippen molar-refractivity contribution in [2.24, 2.45) is 11.8 Å². The fourth-order valence-electron chi connectivity index (χ4n) is 2.25. The van der Waals surface area contributed by atoms with Crippen molar-refractivity contribution in [1.29, 1.82) is 0 Å². The number of amides is 2. The Morgan fingerprint density at radius 2 is 1.68 bits per heavy atom. The first kappa shape index (κ1) is 25.9. The zero-order valence-corrected chi connectivity index (χ0v) is 18.0. The number of aliphatic hydroxyl groups excluding tert-OH is 2. The summed E-state index contributed by atoms with van der Waals surface area (Å²) in [6.07, 6.45) is 1.81. The van der Waals surface area contributed by atoms with Gasteiger partial charge >= 0.3 is 0 Å². The maximum atomic E-state index is 12.4. The maximum Gasteiger partial charge on any atom is 0.272 e. The summed E-state index contributed by atoms with van der Waals surface area (Å²) in [4.78, 5) is 24.5. The molecule has 1 atom stereocenters. The minimum Gasteiger partial charge on any atom is -0.395 e. The molecule has 8 heteroatoms. The normalized spacial score (nSPS) is 11.6. The van der Waals surface area contributed by atoms with Crippen molar-refractivity contribution < 1.29 is 19.8 Å². The largest absolute Gasteiger partial charge is 0.395 e. The van der Waals surface area contributed by atoms with E-state index in [1.165, 1.54) is 6.42 Å². The summed E-state index contributed by atoms with van der Waals surface area (Å²) in [5.41, 5.74) is 0.880. The summed E-state index contributed by atoms with van der Waals surface area (Å²) in [5.74, 6) is -0.543. The molecule has 0 fully saturated rings. The molecule has 0 spiro atoms. The first-order chi connectivity index (χ1) is 13.2. The summed E-state index contributed by atoms with van der Waals surface area (Å²) in [6, 6.07) is 1.18. The van der Waals surface area contributed by atoms with Crippen LogP contribution in [-0.2, 0) is 6.42 Å². The minimum absolute atomic E-state index is 0.0700. The number of rotatable bonds is 9. The van der Waals surface area contributed by atoms with Crippen LogP contribution in [0.5, 0.6) is 0 Å². The molecule has 0 saturated heterocycles. The molecule has 0 aliphatic carbocycles. The van der Waals surface area contributed by atoms with Crippen LogP contribution in [0.25, 0.3) is 0 Å². The molecule has 0 aliphatic heterocycles. The molecule has 1 unspecified atom stereocenters. The van der Waals surface area contributed by atoms with Crippen molar-refractivity contribution in [2.75, 3.05) is 19.8 Å². The molecule has 1 heterocycles. The molecule has 0 saturated carbocycles. The van der Waals surface area contributed by atoms with Crippen LogP contribution in [-0.4, -0.2) is 58.0 Å². The van der Waals surface area contributed by atoms with Gasteiger partial charge in [0.2, 0.25) is 0 Å². The molecule has 0 aliphatic rings. The molecule has 1 rings (SSSR count). The van der Waals surface area contributed by atoms with Crippen molar-refractivity contribution in [3.8, 4) is 0 Å². The molecule has 2 amide bonds. The minimum atomic E-state index is -0.437. The Kier molecular flexibility index (Phi) is 13.0. The molecule has 0 bridgehead atoms. The van der Waals surface area contributed by atoms with E-state index in [2.05, 4.69) is 34.7 Å². The van der Waals surface area contributed by atoms with Gasteiger partial charge in [0.05, 0.1) is 19.3 Å². The van der Waals surface area contributed by atoms with E-state index in [0.717, 1.165) is 0 Å². The Morgan fingerprint density at radius 3 is 2.14 bits per heavy atom. The highest BCUT2D eigenvalue weighted by Crippen LogP contribution is 2.13. The van der Waals surface area contributed by atoms with Gasteiger partial charge in [-0.1, -0.05) is 48.0 Å². The van der Waals surface area contributed by atoms with E-state index in [1.54, 1.807) is 6.07 Å². The van der Waals surface area contributed by atoms with E-state index in [0.29, 0.717) is 12.0 Å². The smallest absolute Gasteiger partial charge is 0.272 e. The van der Waals surface area contributed by atoms with Crippen molar-refractivity contribution in [2.45, 2.75) is 60.4 Å². The van der Waals surface area contributed by atoms with Crippen LogP contribution in [0.3, 0.4) is 0 Å². The number of nitrogens with one attached hydrogen (secondary N) is 2. The lowest BCUT2D eigenvalue weighted by molar-refractivity contribution is 0.0886. The van der Waals surface area contributed by atoms with Crippen LogP contribution < -0.4 is 10.6 Å². The lowest BCUT2D eigenvalue weighted by Gasteiger charge is -2.19. The molecular weight excluding hydrogens is 360 g/mol. The van der Waals surface area contributed by atoms with E-state index in [1.807, 2.05) is 27.7 Å². The second-order valence-corrected chi connectivity index (χ2v) is 7.39. The zero-order valence-electron chi connectivity index (χ0n) is 18.0. The van der Waals surface area contributed by atoms with Gasteiger partial charge < -0.3 is 20.8 Å². The highest BCUT2D eigenvalue weighted by molar-refractivity contribution is 5.96. The van der Waals surface area contributed by atoms with Gasteiger partial charge in [0.25, 0.3) is 11.8 Å². The van der Waals surface area contributed by atoms with Crippen LogP contribution in [0.4, 0.5) is 0 Å². The predicted molar refractivity (Wildman–Crippen MR) is 109 cm³/mol. The Morgan fingerprint density at radius 1 is 1.07 bits per heavy atom. The van der Waals surface area contributed by atoms with Crippen molar-refractivity contribution in [3.63, 3.8) is 0 Å². The van der Waals surface area contributed by atoms with E-state index < -0.39 is 11.8 Å². The topological polar surface area (TPSA) is 124 Å². The fraction of sp³-hybridized carbons (Fsp3) is 0.700. The van der Waals surface area contributed by atoms with Gasteiger partial charge in [-0.3, -0.25) is 9.59 Å². The van der Waals surface area contributed by atoms with E-state index in [-0.39, 0.29) is 49.0 Å². The standard InChI is InChI=1S/C17H28N4O4.C3H8/c1-10(2)7-12-8-13(16(24)19-14(9-23)11(3)4)20-21-15(12)17(25)18-5-6-22;1-3-2/h8,10-11,14,22-23H,5-7,9H2,1-4H3,(H,18,25)(H,19,24);3H2,1-2H3. The second-order valence-electron chi connectivity index (χ2n) is 7.39. The van der Waals surface area contributed by atoms with E-state index in [4.69, 9.17) is 5.11 Å². The third-order valence-electron chi connectivity index (χ3n) is 3.66. The molecule has 28 heavy (non-hydrogen) atoms. The number of aromatic nitrogens is 2. The van der Waals surface area contributed by atoms with Gasteiger partial charge in [-0.2, -0.15) is 0 Å². The number of carbonyl (C=O) groups excluding carboxylic acids is 2. The Balaban J connectivity index is 0.00000227. The average molecular weight is 397 g/mol. The summed E-state index contributed by atoms with van der Waals surface area (Å²) < 4.78 is 0. The SMILES string of the molecule is CC(C)Cc1cc(C(=O)NC(CO)C(C)C)nnc1C(=O)NCCO.CCC. The van der Waals surface area contributed by atoms with Crippen LogP contribution >= 0.6 is 0 Å². The first-order valence-corrected chi connectivity index (χ1v) is 9.88. The Labute approximate surface area is 168 Å². The predicted octanol–water partition coefficient (Wildman–Crippen LogP) is 1.56. The second kappa shape index (κ2) is 14.0. The van der Waals surface area contributed by atoms with Crippen LogP contribution in [0.2, 0.25) is 0 Å². The molecular formula is C20H36N4O4.